The van der Waals surface area contributed by atoms with Crippen LogP contribution in [-0.2, 0) is 4.74 Å². The molecule has 0 aliphatic carbocycles. The topological polar surface area (TPSA) is 104 Å². The summed E-state index contributed by atoms with van der Waals surface area (Å²) < 4.78 is 62.4. The van der Waals surface area contributed by atoms with Gasteiger partial charge in [0.2, 0.25) is 0 Å². The summed E-state index contributed by atoms with van der Waals surface area (Å²) in [6.07, 6.45) is 0.549. The van der Waals surface area contributed by atoms with Crippen LogP contribution >= 0.6 is 0 Å². The van der Waals surface area contributed by atoms with Gasteiger partial charge in [-0.1, -0.05) is 101 Å². The van der Waals surface area contributed by atoms with Crippen LogP contribution in [0.5, 0.6) is 11.8 Å². The second-order valence-electron chi connectivity index (χ2n) is 23.3. The molecule has 5 heterocycles. The molecule has 71 heavy (non-hydrogen) atoms. The van der Waals surface area contributed by atoms with E-state index in [1.165, 1.54) is 18.2 Å². The SMILES string of the molecule is CC(C)[Si](C#Cc1c(F)ccc2cc(O)cc(-c3nc(C#C[Si](C(C)C)(C(C)C)C(C)C)c4c(N5CCN(C(=O)OC(C)(C)C)CC5)nc(OC[C@@]56CCCN5C[C@H](F)C6)nc4c3F)c12)(C(C)C)C(C)C. The first kappa shape index (κ1) is 54.0. The highest BCUT2D eigenvalue weighted by Gasteiger charge is 2.50. The third kappa shape index (κ3) is 10.3. The van der Waals surface area contributed by atoms with Crippen LogP contribution < -0.4 is 9.64 Å². The predicted octanol–water partition coefficient (Wildman–Crippen LogP) is 13.0. The van der Waals surface area contributed by atoms with Crippen molar-refractivity contribution in [3.05, 3.63) is 47.2 Å². The first-order chi connectivity index (χ1) is 33.3. The molecule has 10 nitrogen and oxygen atoms in total. The fraction of sp³-hybridized carbons (Fsp3) is 0.607. The van der Waals surface area contributed by atoms with Crippen molar-refractivity contribution in [2.24, 2.45) is 0 Å². The smallest absolute Gasteiger partial charge is 0.410 e. The number of ether oxygens (including phenoxy) is 2. The Bertz CT molecular complexity index is 2740. The van der Waals surface area contributed by atoms with E-state index in [-0.39, 0.29) is 85.0 Å². The fourth-order valence-corrected chi connectivity index (χ4v) is 23.1. The lowest BCUT2D eigenvalue weighted by atomic mass is 9.95. The van der Waals surface area contributed by atoms with Crippen LogP contribution in [0.1, 0.15) is 134 Å². The van der Waals surface area contributed by atoms with E-state index in [0.29, 0.717) is 55.7 Å². The Morgan fingerprint density at radius 1 is 0.817 bits per heavy atom. The first-order valence-electron chi connectivity index (χ1n) is 25.9. The van der Waals surface area contributed by atoms with Crippen molar-refractivity contribution in [2.75, 3.05) is 50.8 Å². The van der Waals surface area contributed by atoms with Gasteiger partial charge >= 0.3 is 12.1 Å². The van der Waals surface area contributed by atoms with Gasteiger partial charge in [-0.25, -0.2) is 22.9 Å². The lowest BCUT2D eigenvalue weighted by Crippen LogP contribution is -2.50. The molecule has 0 saturated carbocycles. The Kier molecular flexibility index (Phi) is 15.6. The summed E-state index contributed by atoms with van der Waals surface area (Å²) in [4.78, 5) is 34.2. The Hall–Kier alpha value is -4.84. The third-order valence-corrected chi connectivity index (χ3v) is 28.6. The monoisotopic (exact) mass is 1010 g/mol. The molecule has 0 radical (unpaired) electrons. The lowest BCUT2D eigenvalue weighted by molar-refractivity contribution is 0.0240. The number of hydrogen-bond acceptors (Lipinski definition) is 9. The van der Waals surface area contributed by atoms with Crippen molar-refractivity contribution in [1.29, 1.82) is 0 Å². The number of benzene rings is 2. The van der Waals surface area contributed by atoms with Gasteiger partial charge in [0, 0.05) is 50.1 Å². The molecule has 384 valence electrons. The molecule has 0 unspecified atom stereocenters. The molecule has 3 saturated heterocycles. The number of carbonyl (C=O) groups is 1. The highest BCUT2D eigenvalue weighted by molar-refractivity contribution is 6.91. The van der Waals surface area contributed by atoms with E-state index in [1.54, 1.807) is 11.0 Å². The van der Waals surface area contributed by atoms with Crippen LogP contribution in [0.2, 0.25) is 33.2 Å². The second-order valence-corrected chi connectivity index (χ2v) is 34.5. The number of carbonyl (C=O) groups excluding carboxylic acids is 1. The molecule has 0 bridgehead atoms. The van der Waals surface area contributed by atoms with Gasteiger partial charge in [0.05, 0.1) is 16.5 Å². The molecule has 1 amide bonds. The number of anilines is 1. The second kappa shape index (κ2) is 20.6. The number of phenols is 1. The minimum Gasteiger partial charge on any atom is -0.508 e. The predicted molar refractivity (Wildman–Crippen MR) is 286 cm³/mol. The zero-order valence-electron chi connectivity index (χ0n) is 44.9. The maximum Gasteiger partial charge on any atom is 0.410 e. The van der Waals surface area contributed by atoms with Gasteiger partial charge in [-0.05, 0) is 97.0 Å². The molecule has 7 rings (SSSR count). The van der Waals surface area contributed by atoms with Crippen molar-refractivity contribution in [3.8, 4) is 45.9 Å². The van der Waals surface area contributed by atoms with Crippen LogP contribution in [0, 0.1) is 34.6 Å². The van der Waals surface area contributed by atoms with Gasteiger partial charge in [-0.3, -0.25) is 4.90 Å². The third-order valence-electron chi connectivity index (χ3n) is 16.0. The highest BCUT2D eigenvalue weighted by atomic mass is 28.3. The number of phenolic OH excluding ortho intramolecular Hbond substituents is 1. The molecule has 3 fully saturated rings. The largest absolute Gasteiger partial charge is 0.508 e. The van der Waals surface area contributed by atoms with Gasteiger partial charge in [-0.2, -0.15) is 9.97 Å². The zero-order valence-corrected chi connectivity index (χ0v) is 46.9. The van der Waals surface area contributed by atoms with Crippen molar-refractivity contribution >= 4 is 49.7 Å². The molecule has 2 atom stereocenters. The Labute approximate surface area is 422 Å². The number of fused-ring (bicyclic) bond motifs is 3. The van der Waals surface area contributed by atoms with Crippen molar-refractivity contribution in [2.45, 2.75) is 174 Å². The summed E-state index contributed by atoms with van der Waals surface area (Å²) in [6.45, 7) is 34.4. The van der Waals surface area contributed by atoms with Gasteiger partial charge in [0.25, 0.3) is 0 Å². The van der Waals surface area contributed by atoms with E-state index in [1.807, 2.05) is 25.7 Å². The molecule has 2 aromatic heterocycles. The average molecular weight is 1010 g/mol. The Morgan fingerprint density at radius 2 is 1.41 bits per heavy atom. The van der Waals surface area contributed by atoms with Gasteiger partial charge in [0.1, 0.15) is 68.8 Å². The number of halogens is 3. The molecule has 1 N–H and O–H groups in total. The minimum absolute atomic E-state index is 0.0912. The average Bonchev–Trinajstić information content (AvgIpc) is 3.81. The Balaban J connectivity index is 1.54. The van der Waals surface area contributed by atoms with Crippen molar-refractivity contribution in [1.82, 2.24) is 24.8 Å². The molecule has 4 aromatic rings. The molecule has 3 aliphatic heterocycles. The van der Waals surface area contributed by atoms with E-state index < -0.39 is 51.2 Å². The molecular formula is C56H77F3N6O4Si2. The van der Waals surface area contributed by atoms with E-state index in [4.69, 9.17) is 24.4 Å². The van der Waals surface area contributed by atoms with Crippen molar-refractivity contribution in [3.63, 3.8) is 0 Å². The maximum absolute atomic E-state index is 18.4. The summed E-state index contributed by atoms with van der Waals surface area (Å²) in [5, 5.41) is 12.5. The summed E-state index contributed by atoms with van der Waals surface area (Å²) in [7, 11) is -4.85. The lowest BCUT2D eigenvalue weighted by Gasteiger charge is -2.38. The maximum atomic E-state index is 18.4. The summed E-state index contributed by atoms with van der Waals surface area (Å²) in [5.41, 5.74) is 8.03. The van der Waals surface area contributed by atoms with Crippen LogP contribution in [0.4, 0.5) is 23.8 Å². The molecular weight excluding hydrogens is 934 g/mol. The zero-order chi connectivity index (χ0) is 52.1. The number of pyridine rings is 1. The number of piperazine rings is 1. The quantitative estimate of drug-likeness (QED) is 0.116. The number of nitrogens with zero attached hydrogens (tertiary/aromatic N) is 6. The molecule has 2 aromatic carbocycles. The number of amides is 1. The molecule has 15 heteroatoms. The fourth-order valence-electron chi connectivity index (χ4n) is 12.7. The van der Waals surface area contributed by atoms with E-state index in [2.05, 4.69) is 111 Å². The minimum atomic E-state index is -2.46. The van der Waals surface area contributed by atoms with Crippen LogP contribution in [0.15, 0.2) is 24.3 Å². The Morgan fingerprint density at radius 3 is 1.99 bits per heavy atom. The molecule has 3 aliphatic rings. The first-order valence-corrected chi connectivity index (χ1v) is 30.4. The number of rotatable bonds is 11. The van der Waals surface area contributed by atoms with E-state index in [0.717, 1.165) is 19.4 Å². The standard InChI is InChI=1S/C56H77F3N6O4Si2/c1-34(2)70(35(3)4,36(5)6)27-19-43-45(58)18-17-40-29-42(66)30-44(47(40)43)50-49(59)51-48(46(60-50)20-28-71(37(7)8,38(9)10)39(11)12)52(63-23-25-64(26-24-63)54(67)69-55(13,14)15)62-53(61-51)68-33-56-21-16-22-65(56)32-41(57)31-56/h17-18,29-30,34-39,41,66H,16,21-26,31-33H2,1-15H3/t41-,56+/m1/s1. The number of alkyl halides is 1. The van der Waals surface area contributed by atoms with Crippen LogP contribution in [0.3, 0.4) is 0 Å². The summed E-state index contributed by atoms with van der Waals surface area (Å²) in [5.74, 6) is 5.66. The van der Waals surface area contributed by atoms with Gasteiger partial charge in [0.15, 0.2) is 5.82 Å². The van der Waals surface area contributed by atoms with Gasteiger partial charge in [-0.15, -0.1) is 11.1 Å². The summed E-state index contributed by atoms with van der Waals surface area (Å²) >= 11 is 0. The number of hydrogen-bond donors (Lipinski definition) is 1. The number of aromatic nitrogens is 3. The normalized spacial score (nSPS) is 19.1. The number of aromatic hydroxyl groups is 1. The van der Waals surface area contributed by atoms with Crippen LogP contribution in [-0.4, -0.2) is 115 Å². The van der Waals surface area contributed by atoms with Crippen LogP contribution in [0.25, 0.3) is 32.9 Å². The summed E-state index contributed by atoms with van der Waals surface area (Å²) in [6, 6.07) is 5.79. The van der Waals surface area contributed by atoms with E-state index >= 15 is 13.2 Å². The highest BCUT2D eigenvalue weighted by Crippen LogP contribution is 2.45. The van der Waals surface area contributed by atoms with Crippen molar-refractivity contribution < 1.29 is 32.5 Å². The molecule has 0 spiro atoms. The van der Waals surface area contributed by atoms with Gasteiger partial charge < -0.3 is 24.4 Å². The van der Waals surface area contributed by atoms with E-state index in [9.17, 15) is 9.90 Å².